The molecule has 3 rings (SSSR count). The fourth-order valence-electron chi connectivity index (χ4n) is 2.27. The predicted octanol–water partition coefficient (Wildman–Crippen LogP) is 2.68. The van der Waals surface area contributed by atoms with Crippen molar-refractivity contribution in [1.82, 2.24) is 14.6 Å². The maximum Gasteiger partial charge on any atom is 0.153 e. The van der Waals surface area contributed by atoms with E-state index in [-0.39, 0.29) is 12.5 Å². The average molecular weight is 347 g/mol. The molecule has 6 heteroatoms. The third-order valence-corrected chi connectivity index (χ3v) is 3.97. The van der Waals surface area contributed by atoms with E-state index in [0.717, 1.165) is 21.4 Å². The van der Waals surface area contributed by atoms with Crippen molar-refractivity contribution in [3.05, 3.63) is 59.0 Å². The number of halogens is 1. The average Bonchev–Trinajstić information content (AvgIpc) is 2.91. The molecule has 0 aliphatic carbocycles. The zero-order valence-electron chi connectivity index (χ0n) is 11.3. The Morgan fingerprint density at radius 2 is 2.10 bits per heavy atom. The molecule has 0 bridgehead atoms. The van der Waals surface area contributed by atoms with E-state index in [0.29, 0.717) is 6.54 Å². The van der Waals surface area contributed by atoms with Crippen LogP contribution in [0.5, 0.6) is 0 Å². The first-order chi connectivity index (χ1) is 10.3. The van der Waals surface area contributed by atoms with Gasteiger partial charge in [-0.15, -0.1) is 0 Å². The highest BCUT2D eigenvalue weighted by molar-refractivity contribution is 9.10. The van der Waals surface area contributed by atoms with Crippen molar-refractivity contribution in [3.63, 3.8) is 0 Å². The SMILES string of the molecule is OCC(CNc1nccn2ncc(Br)c12)c1ccccc1. The number of rotatable bonds is 5. The molecule has 21 heavy (non-hydrogen) atoms. The Labute approximate surface area is 130 Å². The Morgan fingerprint density at radius 3 is 2.86 bits per heavy atom. The van der Waals surface area contributed by atoms with Crippen LogP contribution in [0.4, 0.5) is 5.82 Å². The topological polar surface area (TPSA) is 62.5 Å². The monoisotopic (exact) mass is 346 g/mol. The normalized spacial score (nSPS) is 12.5. The molecule has 0 aliphatic rings. The zero-order chi connectivity index (χ0) is 14.7. The molecule has 1 aromatic carbocycles. The van der Waals surface area contributed by atoms with Crippen molar-refractivity contribution in [2.45, 2.75) is 5.92 Å². The smallest absolute Gasteiger partial charge is 0.153 e. The molecule has 0 radical (unpaired) electrons. The molecular weight excluding hydrogens is 332 g/mol. The Morgan fingerprint density at radius 1 is 1.29 bits per heavy atom. The van der Waals surface area contributed by atoms with Gasteiger partial charge in [-0.3, -0.25) is 0 Å². The molecule has 3 aromatic rings. The molecule has 2 aromatic heterocycles. The number of hydrogen-bond donors (Lipinski definition) is 2. The van der Waals surface area contributed by atoms with Crippen LogP contribution in [0.3, 0.4) is 0 Å². The van der Waals surface area contributed by atoms with Gasteiger partial charge in [-0.2, -0.15) is 5.10 Å². The van der Waals surface area contributed by atoms with Gasteiger partial charge in [-0.25, -0.2) is 9.50 Å². The second kappa shape index (κ2) is 6.24. The van der Waals surface area contributed by atoms with Crippen LogP contribution in [-0.2, 0) is 0 Å². The summed E-state index contributed by atoms with van der Waals surface area (Å²) in [6, 6.07) is 9.96. The minimum absolute atomic E-state index is 0.0231. The fraction of sp³-hybridized carbons (Fsp3) is 0.200. The molecule has 0 spiro atoms. The van der Waals surface area contributed by atoms with Crippen LogP contribution in [-0.4, -0.2) is 32.9 Å². The highest BCUT2D eigenvalue weighted by atomic mass is 79.9. The van der Waals surface area contributed by atoms with E-state index >= 15 is 0 Å². The summed E-state index contributed by atoms with van der Waals surface area (Å²) in [5.74, 6) is 0.770. The van der Waals surface area contributed by atoms with Crippen LogP contribution in [0, 0.1) is 0 Å². The second-order valence-electron chi connectivity index (χ2n) is 4.73. The van der Waals surface area contributed by atoms with Gasteiger partial charge in [0.05, 0.1) is 17.3 Å². The van der Waals surface area contributed by atoms with Gasteiger partial charge in [-0.05, 0) is 21.5 Å². The molecular formula is C15H15BrN4O. The highest BCUT2D eigenvalue weighted by Gasteiger charge is 2.13. The number of aliphatic hydroxyl groups excluding tert-OH is 1. The van der Waals surface area contributed by atoms with Gasteiger partial charge in [0.2, 0.25) is 0 Å². The quantitative estimate of drug-likeness (QED) is 0.745. The predicted molar refractivity (Wildman–Crippen MR) is 85.4 cm³/mol. The second-order valence-corrected chi connectivity index (χ2v) is 5.59. The zero-order valence-corrected chi connectivity index (χ0v) is 12.9. The minimum atomic E-state index is 0.0231. The minimum Gasteiger partial charge on any atom is -0.396 e. The van der Waals surface area contributed by atoms with Gasteiger partial charge in [0, 0.05) is 24.9 Å². The first-order valence-electron chi connectivity index (χ1n) is 6.67. The van der Waals surface area contributed by atoms with Crippen molar-refractivity contribution in [2.75, 3.05) is 18.5 Å². The lowest BCUT2D eigenvalue weighted by molar-refractivity contribution is 0.270. The third kappa shape index (κ3) is 2.91. The van der Waals surface area contributed by atoms with E-state index in [2.05, 4.69) is 31.3 Å². The van der Waals surface area contributed by atoms with Crippen LogP contribution in [0.25, 0.3) is 5.52 Å². The summed E-state index contributed by atoms with van der Waals surface area (Å²) in [6.45, 7) is 0.686. The number of benzene rings is 1. The molecule has 108 valence electrons. The summed E-state index contributed by atoms with van der Waals surface area (Å²) >= 11 is 3.47. The molecule has 0 aliphatic heterocycles. The third-order valence-electron chi connectivity index (χ3n) is 3.39. The van der Waals surface area contributed by atoms with E-state index < -0.39 is 0 Å². The summed E-state index contributed by atoms with van der Waals surface area (Å²) in [4.78, 5) is 4.36. The van der Waals surface area contributed by atoms with E-state index in [9.17, 15) is 5.11 Å². The Balaban J connectivity index is 1.81. The van der Waals surface area contributed by atoms with E-state index in [1.807, 2.05) is 30.3 Å². The fourth-order valence-corrected chi connectivity index (χ4v) is 2.73. The lowest BCUT2D eigenvalue weighted by atomic mass is 10.0. The maximum absolute atomic E-state index is 9.60. The lowest BCUT2D eigenvalue weighted by Crippen LogP contribution is -2.17. The molecule has 5 nitrogen and oxygen atoms in total. The Kier molecular flexibility index (Phi) is 4.17. The lowest BCUT2D eigenvalue weighted by Gasteiger charge is -2.16. The van der Waals surface area contributed by atoms with Gasteiger partial charge in [-0.1, -0.05) is 30.3 Å². The van der Waals surface area contributed by atoms with Crippen LogP contribution in [0.1, 0.15) is 11.5 Å². The summed E-state index contributed by atoms with van der Waals surface area (Å²) in [5, 5.41) is 17.1. The van der Waals surface area contributed by atoms with Gasteiger partial charge in [0.25, 0.3) is 0 Å². The van der Waals surface area contributed by atoms with Crippen molar-refractivity contribution >= 4 is 27.3 Å². The van der Waals surface area contributed by atoms with Crippen LogP contribution >= 0.6 is 15.9 Å². The number of aliphatic hydroxyl groups is 1. The van der Waals surface area contributed by atoms with Crippen molar-refractivity contribution < 1.29 is 5.11 Å². The molecule has 0 amide bonds. The molecule has 1 atom stereocenters. The van der Waals surface area contributed by atoms with Crippen LogP contribution < -0.4 is 5.32 Å². The van der Waals surface area contributed by atoms with Gasteiger partial charge in [0.1, 0.15) is 5.52 Å². The van der Waals surface area contributed by atoms with Crippen molar-refractivity contribution in [1.29, 1.82) is 0 Å². The van der Waals surface area contributed by atoms with Gasteiger partial charge >= 0.3 is 0 Å². The molecule has 2 N–H and O–H groups in total. The number of fused-ring (bicyclic) bond motifs is 1. The summed E-state index contributed by atoms with van der Waals surface area (Å²) in [5.41, 5.74) is 1.99. The standard InChI is InChI=1S/C15H15BrN4O/c16-13-9-19-20-7-6-17-15(14(13)20)18-8-12(10-21)11-4-2-1-3-5-11/h1-7,9,12,21H,8,10H2,(H,17,18). The Hall–Kier alpha value is -1.92. The highest BCUT2D eigenvalue weighted by Crippen LogP contribution is 2.24. The Bertz CT molecular complexity index is 729. The first-order valence-corrected chi connectivity index (χ1v) is 7.46. The molecule has 1 unspecified atom stereocenters. The van der Waals surface area contributed by atoms with Crippen LogP contribution in [0.15, 0.2) is 53.4 Å². The molecule has 0 fully saturated rings. The van der Waals surface area contributed by atoms with Crippen LogP contribution in [0.2, 0.25) is 0 Å². The van der Waals surface area contributed by atoms with Crippen molar-refractivity contribution in [2.24, 2.45) is 0 Å². The molecule has 0 saturated carbocycles. The summed E-state index contributed by atoms with van der Waals surface area (Å²) in [7, 11) is 0. The van der Waals surface area contributed by atoms with Crippen molar-refractivity contribution in [3.8, 4) is 0 Å². The molecule has 2 heterocycles. The number of anilines is 1. The van der Waals surface area contributed by atoms with E-state index in [1.54, 1.807) is 23.1 Å². The molecule has 0 saturated heterocycles. The number of hydrogen-bond acceptors (Lipinski definition) is 4. The van der Waals surface area contributed by atoms with E-state index in [1.165, 1.54) is 0 Å². The number of nitrogens with one attached hydrogen (secondary N) is 1. The summed E-state index contributed by atoms with van der Waals surface area (Å²) in [6.07, 6.45) is 5.24. The summed E-state index contributed by atoms with van der Waals surface area (Å²) < 4.78 is 2.65. The first kappa shape index (κ1) is 14.0. The van der Waals surface area contributed by atoms with E-state index in [4.69, 9.17) is 0 Å². The number of nitrogens with zero attached hydrogens (tertiary/aromatic N) is 3. The van der Waals surface area contributed by atoms with Gasteiger partial charge in [0.15, 0.2) is 5.82 Å². The largest absolute Gasteiger partial charge is 0.396 e. The number of aromatic nitrogens is 3. The van der Waals surface area contributed by atoms with Gasteiger partial charge < -0.3 is 10.4 Å². The maximum atomic E-state index is 9.60.